The van der Waals surface area contributed by atoms with E-state index in [0.29, 0.717) is 32.6 Å². The molecule has 1 fully saturated rings. The van der Waals surface area contributed by atoms with Gasteiger partial charge in [-0.05, 0) is 45.2 Å². The predicted molar refractivity (Wildman–Crippen MR) is 104 cm³/mol. The molecule has 0 bridgehead atoms. The summed E-state index contributed by atoms with van der Waals surface area (Å²) in [7, 11) is 0. The number of morpholine rings is 1. The van der Waals surface area contributed by atoms with Crippen LogP contribution in [0.25, 0.3) is 0 Å². The Balaban J connectivity index is 1.97. The first kappa shape index (κ1) is 19.9. The van der Waals surface area contributed by atoms with Crippen molar-refractivity contribution in [1.82, 2.24) is 14.9 Å². The van der Waals surface area contributed by atoms with Crippen molar-refractivity contribution >= 4 is 23.5 Å². The van der Waals surface area contributed by atoms with Gasteiger partial charge in [0.05, 0.1) is 24.9 Å². The number of carbonyl (C=O) groups is 1. The van der Waals surface area contributed by atoms with Crippen LogP contribution in [0.4, 0.5) is 10.6 Å². The maximum absolute atomic E-state index is 12.7. The first-order chi connectivity index (χ1) is 12.8. The average Bonchev–Trinajstić information content (AvgIpc) is 2.61. The molecule has 0 spiro atoms. The Morgan fingerprint density at radius 3 is 2.67 bits per heavy atom. The molecule has 148 valence electrons. The van der Waals surface area contributed by atoms with E-state index >= 15 is 0 Å². The topological polar surface area (TPSA) is 67.8 Å². The highest BCUT2D eigenvalue weighted by Crippen LogP contribution is 2.37. The Morgan fingerprint density at radius 2 is 2.04 bits per heavy atom. The van der Waals surface area contributed by atoms with Gasteiger partial charge >= 0.3 is 6.09 Å². The van der Waals surface area contributed by atoms with Crippen molar-refractivity contribution in [1.29, 1.82) is 0 Å². The van der Waals surface area contributed by atoms with E-state index in [-0.39, 0.29) is 17.4 Å². The molecule has 7 nitrogen and oxygen atoms in total. The fourth-order valence-corrected chi connectivity index (χ4v) is 3.66. The van der Waals surface area contributed by atoms with Gasteiger partial charge in [-0.2, -0.15) is 0 Å². The van der Waals surface area contributed by atoms with Crippen LogP contribution < -0.4 is 4.90 Å². The van der Waals surface area contributed by atoms with Crippen LogP contribution in [0, 0.1) is 0 Å². The number of amides is 1. The molecule has 1 unspecified atom stereocenters. The molecule has 1 atom stereocenters. The van der Waals surface area contributed by atoms with Gasteiger partial charge in [0.2, 0.25) is 5.28 Å². The minimum Gasteiger partial charge on any atom is -0.444 e. The summed E-state index contributed by atoms with van der Waals surface area (Å²) in [6, 6.07) is -0.263. The number of hydrogen-bond acceptors (Lipinski definition) is 6. The lowest BCUT2D eigenvalue weighted by molar-refractivity contribution is 0.0139. The molecule has 2 aliphatic rings. The van der Waals surface area contributed by atoms with E-state index in [1.165, 1.54) is 0 Å². The van der Waals surface area contributed by atoms with Gasteiger partial charge < -0.3 is 14.4 Å². The highest BCUT2D eigenvalue weighted by molar-refractivity contribution is 6.28. The lowest BCUT2D eigenvalue weighted by Crippen LogP contribution is -2.44. The van der Waals surface area contributed by atoms with Crippen LogP contribution in [-0.2, 0) is 15.9 Å². The van der Waals surface area contributed by atoms with Crippen molar-refractivity contribution in [3.05, 3.63) is 29.2 Å². The molecule has 1 saturated heterocycles. The van der Waals surface area contributed by atoms with Crippen LogP contribution in [0.1, 0.15) is 44.5 Å². The third-order valence-corrected chi connectivity index (χ3v) is 4.78. The van der Waals surface area contributed by atoms with E-state index in [1.54, 1.807) is 11.0 Å². The number of halogens is 1. The summed E-state index contributed by atoms with van der Waals surface area (Å²) in [6.45, 7) is 12.8. The van der Waals surface area contributed by atoms with E-state index in [9.17, 15) is 4.79 Å². The Morgan fingerprint density at radius 1 is 1.33 bits per heavy atom. The Kier molecular flexibility index (Phi) is 5.91. The lowest BCUT2D eigenvalue weighted by atomic mass is 9.95. The molecular formula is C19H27ClN4O3. The third kappa shape index (κ3) is 4.52. The summed E-state index contributed by atoms with van der Waals surface area (Å²) in [5.41, 5.74) is 1.28. The molecule has 0 aliphatic carbocycles. The van der Waals surface area contributed by atoms with Crippen molar-refractivity contribution in [2.75, 3.05) is 37.7 Å². The van der Waals surface area contributed by atoms with Gasteiger partial charge in [0.15, 0.2) is 0 Å². The van der Waals surface area contributed by atoms with Crippen molar-refractivity contribution in [2.45, 2.75) is 45.3 Å². The van der Waals surface area contributed by atoms with Gasteiger partial charge in [0.25, 0.3) is 0 Å². The van der Waals surface area contributed by atoms with Crippen LogP contribution in [0.15, 0.2) is 12.7 Å². The van der Waals surface area contributed by atoms with Crippen molar-refractivity contribution < 1.29 is 14.3 Å². The summed E-state index contributed by atoms with van der Waals surface area (Å²) in [5.74, 6) is 0.853. The number of fused-ring (bicyclic) bond motifs is 1. The smallest absolute Gasteiger partial charge is 0.410 e. The number of anilines is 1. The van der Waals surface area contributed by atoms with Crippen LogP contribution in [0.5, 0.6) is 0 Å². The number of carbonyl (C=O) groups excluding carboxylic acids is 1. The number of rotatable bonds is 3. The highest BCUT2D eigenvalue weighted by atomic mass is 35.5. The molecule has 3 rings (SSSR count). The second kappa shape index (κ2) is 8.02. The van der Waals surface area contributed by atoms with Crippen LogP contribution in [-0.4, -0.2) is 59.4 Å². The molecule has 0 radical (unpaired) electrons. The Labute approximate surface area is 165 Å². The molecule has 8 heteroatoms. The fourth-order valence-electron chi connectivity index (χ4n) is 3.49. The molecule has 0 aromatic carbocycles. The zero-order chi connectivity index (χ0) is 19.6. The summed E-state index contributed by atoms with van der Waals surface area (Å²) < 4.78 is 11.0. The second-order valence-corrected chi connectivity index (χ2v) is 8.08. The minimum atomic E-state index is -0.557. The maximum atomic E-state index is 12.7. The summed E-state index contributed by atoms with van der Waals surface area (Å²) in [6.07, 6.45) is 2.68. The molecule has 0 saturated carbocycles. The SMILES string of the molecule is C=CCC1c2nc(Cl)nc(N3CCOCC3)c2CCN1C(=O)OC(C)(C)C. The molecule has 0 N–H and O–H groups in total. The minimum absolute atomic E-state index is 0.190. The zero-order valence-electron chi connectivity index (χ0n) is 16.2. The Bertz CT molecular complexity index is 714. The van der Waals surface area contributed by atoms with E-state index in [2.05, 4.69) is 21.4 Å². The average molecular weight is 395 g/mol. The van der Waals surface area contributed by atoms with E-state index < -0.39 is 5.60 Å². The van der Waals surface area contributed by atoms with Gasteiger partial charge in [0, 0.05) is 25.2 Å². The van der Waals surface area contributed by atoms with Crippen LogP contribution in [0.3, 0.4) is 0 Å². The monoisotopic (exact) mass is 394 g/mol. The van der Waals surface area contributed by atoms with Gasteiger partial charge in [0.1, 0.15) is 11.4 Å². The first-order valence-corrected chi connectivity index (χ1v) is 9.67. The normalized spacial score (nSPS) is 20.2. The zero-order valence-corrected chi connectivity index (χ0v) is 17.0. The van der Waals surface area contributed by atoms with E-state index in [4.69, 9.17) is 21.1 Å². The first-order valence-electron chi connectivity index (χ1n) is 9.29. The Hall–Kier alpha value is -1.86. The number of ether oxygens (including phenoxy) is 2. The van der Waals surface area contributed by atoms with Gasteiger partial charge in [-0.1, -0.05) is 6.08 Å². The van der Waals surface area contributed by atoms with Gasteiger partial charge in [-0.15, -0.1) is 6.58 Å². The van der Waals surface area contributed by atoms with Crippen molar-refractivity contribution in [3.8, 4) is 0 Å². The van der Waals surface area contributed by atoms with Crippen molar-refractivity contribution in [3.63, 3.8) is 0 Å². The number of aromatic nitrogens is 2. The lowest BCUT2D eigenvalue weighted by Gasteiger charge is -2.39. The van der Waals surface area contributed by atoms with Crippen LogP contribution >= 0.6 is 11.6 Å². The summed E-state index contributed by atoms with van der Waals surface area (Å²) >= 11 is 6.26. The summed E-state index contributed by atoms with van der Waals surface area (Å²) in [5, 5.41) is 0.190. The fraction of sp³-hybridized carbons (Fsp3) is 0.632. The van der Waals surface area contributed by atoms with Gasteiger partial charge in [-0.3, -0.25) is 4.90 Å². The number of hydrogen-bond donors (Lipinski definition) is 0. The molecule has 27 heavy (non-hydrogen) atoms. The standard InChI is InChI=1S/C19H27ClN4O3/c1-5-6-14-15-13(7-8-24(14)18(25)27-19(2,3)4)16(22-17(20)21-15)23-9-11-26-12-10-23/h5,14H,1,6-12H2,2-4H3. The van der Waals surface area contributed by atoms with Crippen LogP contribution in [0.2, 0.25) is 5.28 Å². The molecule has 2 aliphatic heterocycles. The molecule has 3 heterocycles. The van der Waals surface area contributed by atoms with Crippen molar-refractivity contribution in [2.24, 2.45) is 0 Å². The summed E-state index contributed by atoms with van der Waals surface area (Å²) in [4.78, 5) is 25.7. The predicted octanol–water partition coefficient (Wildman–Crippen LogP) is 3.38. The number of nitrogens with zero attached hydrogens (tertiary/aromatic N) is 4. The molecule has 1 aromatic rings. The van der Waals surface area contributed by atoms with E-state index in [0.717, 1.165) is 30.2 Å². The third-order valence-electron chi connectivity index (χ3n) is 4.61. The molecule has 1 amide bonds. The molecular weight excluding hydrogens is 368 g/mol. The highest BCUT2D eigenvalue weighted by Gasteiger charge is 2.36. The van der Waals surface area contributed by atoms with Gasteiger partial charge in [-0.25, -0.2) is 14.8 Å². The largest absolute Gasteiger partial charge is 0.444 e. The second-order valence-electron chi connectivity index (χ2n) is 7.74. The van der Waals surface area contributed by atoms with E-state index in [1.807, 2.05) is 20.8 Å². The molecule has 1 aromatic heterocycles. The quantitative estimate of drug-likeness (QED) is 0.578. The maximum Gasteiger partial charge on any atom is 0.410 e.